The normalized spacial score (nSPS) is 11.5. The number of benzene rings is 1. The Bertz CT molecular complexity index is 1030. The number of halogens is 1. The van der Waals surface area contributed by atoms with Crippen molar-refractivity contribution in [3.8, 4) is 5.69 Å². The van der Waals surface area contributed by atoms with Crippen molar-refractivity contribution in [2.75, 3.05) is 0 Å². The van der Waals surface area contributed by atoms with Crippen LogP contribution in [-0.2, 0) is 0 Å². The summed E-state index contributed by atoms with van der Waals surface area (Å²) in [5, 5.41) is 1.82. The monoisotopic (exact) mass is 339 g/mol. The van der Waals surface area contributed by atoms with Crippen molar-refractivity contribution in [3.05, 3.63) is 71.5 Å². The molecule has 0 saturated carbocycles. The quantitative estimate of drug-likeness (QED) is 0.415. The van der Waals surface area contributed by atoms with Crippen LogP contribution in [0, 0.1) is 5.82 Å². The van der Waals surface area contributed by atoms with Crippen LogP contribution in [0.15, 0.2) is 58.5 Å². The van der Waals surface area contributed by atoms with E-state index in [9.17, 15) is 9.18 Å². The summed E-state index contributed by atoms with van der Waals surface area (Å²) in [4.78, 5) is 16.5. The Morgan fingerprint density at radius 2 is 2.08 bits per heavy atom. The summed E-state index contributed by atoms with van der Waals surface area (Å²) in [7, 11) is 0. The van der Waals surface area contributed by atoms with Crippen molar-refractivity contribution >= 4 is 34.6 Å². The predicted molar refractivity (Wildman–Crippen MR) is 88.8 cm³/mol. The fourth-order valence-electron chi connectivity index (χ4n) is 2.35. The highest BCUT2D eigenvalue weighted by Crippen LogP contribution is 2.23. The number of hydrogen-bond acceptors (Lipinski definition) is 5. The van der Waals surface area contributed by atoms with Crippen LogP contribution in [-0.4, -0.2) is 19.7 Å². The Morgan fingerprint density at radius 1 is 1.25 bits per heavy atom. The molecule has 24 heavy (non-hydrogen) atoms. The van der Waals surface area contributed by atoms with Crippen molar-refractivity contribution in [3.63, 3.8) is 0 Å². The standard InChI is InChI=1S/C17H10FN3O2S/c18-11-3-5-12(6-4-11)21-16(19-13-10-24-20-17(13)21)8-7-14(22)15-2-1-9-23-15/h1-10H. The van der Waals surface area contributed by atoms with E-state index in [2.05, 4.69) is 9.36 Å². The minimum absolute atomic E-state index is 0.255. The van der Waals surface area contributed by atoms with E-state index in [1.807, 2.05) is 5.38 Å². The van der Waals surface area contributed by atoms with Gasteiger partial charge in [-0.25, -0.2) is 9.37 Å². The van der Waals surface area contributed by atoms with E-state index in [1.54, 1.807) is 34.9 Å². The van der Waals surface area contributed by atoms with Crippen LogP contribution in [0.4, 0.5) is 4.39 Å². The molecular formula is C17H10FN3O2S. The van der Waals surface area contributed by atoms with Gasteiger partial charge in [-0.15, -0.1) is 0 Å². The molecule has 118 valence electrons. The fraction of sp³-hybridized carbons (Fsp3) is 0. The fourth-order valence-corrected chi connectivity index (χ4v) is 2.93. The average Bonchev–Trinajstić information content (AvgIpc) is 3.30. The van der Waals surface area contributed by atoms with E-state index in [1.165, 1.54) is 36.0 Å². The van der Waals surface area contributed by atoms with Crippen LogP contribution in [0.25, 0.3) is 22.9 Å². The lowest BCUT2D eigenvalue weighted by Crippen LogP contribution is -1.99. The molecule has 0 atom stereocenters. The molecule has 0 unspecified atom stereocenters. The van der Waals surface area contributed by atoms with Crippen LogP contribution >= 0.6 is 11.5 Å². The molecule has 0 bridgehead atoms. The van der Waals surface area contributed by atoms with Gasteiger partial charge in [-0.3, -0.25) is 9.36 Å². The highest BCUT2D eigenvalue weighted by molar-refractivity contribution is 7.04. The third kappa shape index (κ3) is 2.55. The second-order valence-corrected chi connectivity index (χ2v) is 5.61. The average molecular weight is 339 g/mol. The molecule has 0 aliphatic carbocycles. The molecule has 0 spiro atoms. The van der Waals surface area contributed by atoms with Gasteiger partial charge in [0.2, 0.25) is 5.78 Å². The maximum absolute atomic E-state index is 13.2. The highest BCUT2D eigenvalue weighted by Gasteiger charge is 2.13. The number of furan rings is 1. The summed E-state index contributed by atoms with van der Waals surface area (Å²) in [6, 6.07) is 9.27. The number of allylic oxidation sites excluding steroid dienone is 1. The second kappa shape index (κ2) is 5.86. The zero-order chi connectivity index (χ0) is 16.5. The van der Waals surface area contributed by atoms with Crippen molar-refractivity contribution in [1.82, 2.24) is 13.9 Å². The van der Waals surface area contributed by atoms with Gasteiger partial charge in [0.15, 0.2) is 11.4 Å². The van der Waals surface area contributed by atoms with E-state index in [0.717, 1.165) is 11.2 Å². The number of imidazole rings is 1. The van der Waals surface area contributed by atoms with E-state index >= 15 is 0 Å². The van der Waals surface area contributed by atoms with Crippen molar-refractivity contribution in [2.45, 2.75) is 0 Å². The zero-order valence-corrected chi connectivity index (χ0v) is 13.0. The number of carbonyl (C=O) groups is 1. The summed E-state index contributed by atoms with van der Waals surface area (Å²) in [5.74, 6) is 0.208. The summed E-state index contributed by atoms with van der Waals surface area (Å²) >= 11 is 1.29. The molecule has 1 aromatic carbocycles. The predicted octanol–water partition coefficient (Wildman–Crippen LogP) is 4.11. The van der Waals surface area contributed by atoms with Crippen LogP contribution in [0.5, 0.6) is 0 Å². The van der Waals surface area contributed by atoms with Crippen molar-refractivity contribution in [1.29, 1.82) is 0 Å². The van der Waals surface area contributed by atoms with Crippen LogP contribution in [0.2, 0.25) is 0 Å². The lowest BCUT2D eigenvalue weighted by atomic mass is 10.2. The molecule has 0 amide bonds. The van der Waals surface area contributed by atoms with Gasteiger partial charge in [0.05, 0.1) is 6.26 Å². The Kier molecular flexibility index (Phi) is 3.55. The molecule has 0 fully saturated rings. The van der Waals surface area contributed by atoms with Crippen molar-refractivity contribution < 1.29 is 13.6 Å². The van der Waals surface area contributed by atoms with Gasteiger partial charge in [0.1, 0.15) is 17.2 Å². The number of fused-ring (bicyclic) bond motifs is 1. The molecule has 5 nitrogen and oxygen atoms in total. The van der Waals surface area contributed by atoms with E-state index in [0.29, 0.717) is 11.5 Å². The Morgan fingerprint density at radius 3 is 2.83 bits per heavy atom. The maximum atomic E-state index is 13.2. The minimum atomic E-state index is -0.321. The zero-order valence-electron chi connectivity index (χ0n) is 12.2. The molecule has 3 heterocycles. The highest BCUT2D eigenvalue weighted by atomic mass is 32.1. The molecule has 7 heteroatoms. The topological polar surface area (TPSA) is 60.9 Å². The first-order chi connectivity index (χ1) is 11.7. The molecule has 0 saturated heterocycles. The summed E-state index contributed by atoms with van der Waals surface area (Å²) in [6.07, 6.45) is 4.43. The van der Waals surface area contributed by atoms with E-state index in [-0.39, 0.29) is 17.4 Å². The second-order valence-electron chi connectivity index (χ2n) is 4.98. The lowest BCUT2D eigenvalue weighted by Gasteiger charge is -2.05. The van der Waals surface area contributed by atoms with Gasteiger partial charge < -0.3 is 4.42 Å². The van der Waals surface area contributed by atoms with Gasteiger partial charge in [0.25, 0.3) is 0 Å². The lowest BCUT2D eigenvalue weighted by molar-refractivity contribution is 0.102. The van der Waals surface area contributed by atoms with Crippen molar-refractivity contribution in [2.24, 2.45) is 0 Å². The summed E-state index contributed by atoms with van der Waals surface area (Å²) in [6.45, 7) is 0. The van der Waals surface area contributed by atoms with Crippen LogP contribution in [0.3, 0.4) is 0 Å². The SMILES string of the molecule is O=C(C=Cc1nc2csnc2n1-c1ccc(F)cc1)c1ccco1. The number of hydrogen-bond donors (Lipinski definition) is 0. The van der Waals surface area contributed by atoms with Crippen LogP contribution < -0.4 is 0 Å². The molecule has 4 rings (SSSR count). The van der Waals surface area contributed by atoms with Gasteiger partial charge >= 0.3 is 0 Å². The van der Waals surface area contributed by atoms with Crippen LogP contribution in [0.1, 0.15) is 16.4 Å². The van der Waals surface area contributed by atoms with Gasteiger partial charge in [0, 0.05) is 11.1 Å². The maximum Gasteiger partial charge on any atom is 0.221 e. The molecule has 0 aliphatic heterocycles. The largest absolute Gasteiger partial charge is 0.461 e. The number of ketones is 1. The van der Waals surface area contributed by atoms with Gasteiger partial charge in [-0.2, -0.15) is 4.37 Å². The third-order valence-electron chi connectivity index (χ3n) is 3.44. The number of aromatic nitrogens is 3. The first kappa shape index (κ1) is 14.5. The molecule has 3 aromatic heterocycles. The first-order valence-corrected chi connectivity index (χ1v) is 7.91. The molecular weight excluding hydrogens is 329 g/mol. The Balaban J connectivity index is 1.78. The molecule has 0 N–H and O–H groups in total. The molecule has 4 aromatic rings. The van der Waals surface area contributed by atoms with Gasteiger partial charge in [-0.1, -0.05) is 0 Å². The van der Waals surface area contributed by atoms with E-state index in [4.69, 9.17) is 4.42 Å². The minimum Gasteiger partial charge on any atom is -0.461 e. The summed E-state index contributed by atoms with van der Waals surface area (Å²) in [5.41, 5.74) is 2.10. The number of carbonyl (C=O) groups excluding carboxylic acids is 1. The third-order valence-corrected chi connectivity index (χ3v) is 4.05. The Hall–Kier alpha value is -3.06. The smallest absolute Gasteiger partial charge is 0.221 e. The van der Waals surface area contributed by atoms with Gasteiger partial charge in [-0.05, 0) is 60.1 Å². The number of rotatable bonds is 4. The van der Waals surface area contributed by atoms with E-state index < -0.39 is 0 Å². The first-order valence-electron chi connectivity index (χ1n) is 7.07. The number of nitrogens with zero attached hydrogens (tertiary/aromatic N) is 3. The molecule has 0 radical (unpaired) electrons. The summed E-state index contributed by atoms with van der Waals surface area (Å²) < 4.78 is 24.4. The molecule has 0 aliphatic rings. The Labute approximate surface area is 139 Å².